The number of benzene rings is 1. The minimum atomic E-state index is -4.65. The highest BCUT2D eigenvalue weighted by Crippen LogP contribution is 2.29. The molecule has 0 spiro atoms. The fourth-order valence-electron chi connectivity index (χ4n) is 2.99. The van der Waals surface area contributed by atoms with Gasteiger partial charge in [-0.2, -0.15) is 18.3 Å². The fourth-order valence-corrected chi connectivity index (χ4v) is 3.17. The third-order valence-electron chi connectivity index (χ3n) is 4.68. The molecule has 0 atom stereocenters. The number of carbonyl (C=O) groups is 1. The van der Waals surface area contributed by atoms with E-state index in [0.29, 0.717) is 39.9 Å². The average molecular weight is 439 g/mol. The summed E-state index contributed by atoms with van der Waals surface area (Å²) in [4.78, 5) is 26.2. The number of anilines is 1. The predicted molar refractivity (Wildman–Crippen MR) is 107 cm³/mol. The van der Waals surface area contributed by atoms with Gasteiger partial charge in [0.1, 0.15) is 5.69 Å². The van der Waals surface area contributed by atoms with Gasteiger partial charge in [0.25, 0.3) is 5.56 Å². The number of H-pyrrole nitrogens is 1. The largest absolute Gasteiger partial charge is 0.417 e. The van der Waals surface area contributed by atoms with Gasteiger partial charge in [-0.05, 0) is 44.5 Å². The van der Waals surface area contributed by atoms with Gasteiger partial charge in [0.2, 0.25) is 5.91 Å². The van der Waals surface area contributed by atoms with Crippen LogP contribution in [0, 0.1) is 20.8 Å². The van der Waals surface area contributed by atoms with E-state index < -0.39 is 28.9 Å². The Hall–Kier alpha value is -3.07. The predicted octanol–water partition coefficient (Wildman–Crippen LogP) is 4.34. The molecule has 0 aliphatic rings. The Morgan fingerprint density at radius 1 is 1.23 bits per heavy atom. The number of nitrogens with one attached hydrogen (secondary N) is 2. The van der Waals surface area contributed by atoms with Gasteiger partial charge in [-0.1, -0.05) is 17.7 Å². The van der Waals surface area contributed by atoms with Crippen LogP contribution in [0.15, 0.2) is 35.3 Å². The quantitative estimate of drug-likeness (QED) is 0.636. The van der Waals surface area contributed by atoms with Gasteiger partial charge in [-0.25, -0.2) is 4.68 Å². The molecule has 0 aliphatic heterocycles. The van der Waals surface area contributed by atoms with Crippen molar-refractivity contribution in [3.63, 3.8) is 0 Å². The molecule has 1 amide bonds. The first-order valence-electron chi connectivity index (χ1n) is 8.88. The SMILES string of the molecule is Cc1ccc(-n2nc(C)c(CC(=O)Nc3cc(C(F)(F)F)c[nH]c3=O)c2C)cc1Cl. The number of pyridine rings is 1. The lowest BCUT2D eigenvalue weighted by Gasteiger charge is -2.10. The van der Waals surface area contributed by atoms with Crippen LogP contribution < -0.4 is 10.9 Å². The molecule has 0 saturated carbocycles. The molecule has 2 N–H and O–H groups in total. The normalized spacial score (nSPS) is 11.6. The summed E-state index contributed by atoms with van der Waals surface area (Å²) >= 11 is 6.18. The maximum absolute atomic E-state index is 12.9. The lowest BCUT2D eigenvalue weighted by molar-refractivity contribution is -0.137. The number of hydrogen-bond acceptors (Lipinski definition) is 3. The van der Waals surface area contributed by atoms with Crippen LogP contribution in [-0.4, -0.2) is 20.7 Å². The van der Waals surface area contributed by atoms with Crippen LogP contribution >= 0.6 is 11.6 Å². The van der Waals surface area contributed by atoms with Crippen molar-refractivity contribution in [1.82, 2.24) is 14.8 Å². The molecule has 3 aromatic rings. The fraction of sp³-hybridized carbons (Fsp3) is 0.250. The van der Waals surface area contributed by atoms with E-state index in [1.807, 2.05) is 24.0 Å². The van der Waals surface area contributed by atoms with Crippen LogP contribution in [0.2, 0.25) is 5.02 Å². The van der Waals surface area contributed by atoms with E-state index in [-0.39, 0.29) is 6.42 Å². The summed E-state index contributed by atoms with van der Waals surface area (Å²) < 4.78 is 40.2. The topological polar surface area (TPSA) is 79.8 Å². The summed E-state index contributed by atoms with van der Waals surface area (Å²) in [6.07, 6.45) is -4.25. The van der Waals surface area contributed by atoms with Crippen molar-refractivity contribution in [2.45, 2.75) is 33.4 Å². The van der Waals surface area contributed by atoms with E-state index in [1.165, 1.54) is 0 Å². The van der Waals surface area contributed by atoms with Crippen molar-refractivity contribution in [3.05, 3.63) is 73.9 Å². The second kappa shape index (κ2) is 7.98. The smallest absolute Gasteiger partial charge is 0.327 e. The number of amides is 1. The van der Waals surface area contributed by atoms with Crippen LogP contribution in [0.5, 0.6) is 0 Å². The van der Waals surface area contributed by atoms with Crippen LogP contribution in [0.25, 0.3) is 5.69 Å². The van der Waals surface area contributed by atoms with Crippen LogP contribution in [0.1, 0.15) is 28.1 Å². The molecule has 0 fully saturated rings. The highest BCUT2D eigenvalue weighted by atomic mass is 35.5. The minimum absolute atomic E-state index is 0.160. The Bertz CT molecular complexity index is 1180. The van der Waals surface area contributed by atoms with E-state index in [4.69, 9.17) is 11.6 Å². The standard InChI is InChI=1S/C20H18ClF3N4O2/c1-10-4-5-14(7-16(10)21)28-12(3)15(11(2)27-28)8-18(29)26-17-6-13(20(22,23)24)9-25-19(17)30/h4-7,9H,8H2,1-3H3,(H,25,30)(H,26,29). The third kappa shape index (κ3) is 4.40. The summed E-state index contributed by atoms with van der Waals surface area (Å²) in [6.45, 7) is 5.37. The summed E-state index contributed by atoms with van der Waals surface area (Å²) in [5.74, 6) is -0.632. The molecule has 2 heterocycles. The van der Waals surface area contributed by atoms with E-state index in [1.54, 1.807) is 24.6 Å². The molecule has 1 aromatic carbocycles. The number of alkyl halides is 3. The van der Waals surface area contributed by atoms with Crippen LogP contribution in [-0.2, 0) is 17.4 Å². The van der Waals surface area contributed by atoms with Crippen molar-refractivity contribution in [2.75, 3.05) is 5.32 Å². The molecule has 0 saturated heterocycles. The summed E-state index contributed by atoms with van der Waals surface area (Å²) in [5.41, 5.74) is 1.14. The molecule has 10 heteroatoms. The molecule has 0 aliphatic carbocycles. The zero-order valence-corrected chi connectivity index (χ0v) is 17.1. The number of nitrogens with zero attached hydrogens (tertiary/aromatic N) is 2. The maximum atomic E-state index is 12.9. The van der Waals surface area contributed by atoms with E-state index in [0.717, 1.165) is 5.56 Å². The molecule has 3 rings (SSSR count). The number of aromatic nitrogens is 3. The van der Waals surface area contributed by atoms with Crippen molar-refractivity contribution in [2.24, 2.45) is 0 Å². The number of carbonyl (C=O) groups excluding carboxylic acids is 1. The molecule has 158 valence electrons. The van der Waals surface area contributed by atoms with E-state index in [9.17, 15) is 22.8 Å². The monoisotopic (exact) mass is 438 g/mol. The summed E-state index contributed by atoms with van der Waals surface area (Å²) in [6, 6.07) is 6.05. The van der Waals surface area contributed by atoms with Gasteiger partial charge in [-0.15, -0.1) is 0 Å². The second-order valence-electron chi connectivity index (χ2n) is 6.85. The van der Waals surface area contributed by atoms with Crippen molar-refractivity contribution in [1.29, 1.82) is 0 Å². The van der Waals surface area contributed by atoms with Crippen molar-refractivity contribution < 1.29 is 18.0 Å². The molecule has 0 radical (unpaired) electrons. The molecule has 0 bridgehead atoms. The molecular weight excluding hydrogens is 421 g/mol. The lowest BCUT2D eigenvalue weighted by Crippen LogP contribution is -2.23. The van der Waals surface area contributed by atoms with E-state index in [2.05, 4.69) is 10.4 Å². The van der Waals surface area contributed by atoms with Gasteiger partial charge in [0.15, 0.2) is 0 Å². The van der Waals surface area contributed by atoms with Crippen molar-refractivity contribution >= 4 is 23.2 Å². The first-order chi connectivity index (χ1) is 14.0. The van der Waals surface area contributed by atoms with Gasteiger partial charge >= 0.3 is 6.18 Å². The third-order valence-corrected chi connectivity index (χ3v) is 5.09. The minimum Gasteiger partial charge on any atom is -0.327 e. The van der Waals surface area contributed by atoms with E-state index >= 15 is 0 Å². The molecule has 0 unspecified atom stereocenters. The van der Waals surface area contributed by atoms with Crippen LogP contribution in [0.3, 0.4) is 0 Å². The zero-order chi connectivity index (χ0) is 22.2. The number of aromatic amines is 1. The molecule has 30 heavy (non-hydrogen) atoms. The average Bonchev–Trinajstić information content (AvgIpc) is 2.93. The lowest BCUT2D eigenvalue weighted by atomic mass is 10.1. The Labute approximate surface area is 174 Å². The molecule has 2 aromatic heterocycles. The summed E-state index contributed by atoms with van der Waals surface area (Å²) in [5, 5.41) is 7.26. The Morgan fingerprint density at radius 3 is 2.57 bits per heavy atom. The number of halogens is 4. The maximum Gasteiger partial charge on any atom is 0.417 e. The van der Waals surface area contributed by atoms with Crippen molar-refractivity contribution in [3.8, 4) is 5.69 Å². The molecular formula is C20H18ClF3N4O2. The Kier molecular flexibility index (Phi) is 5.76. The zero-order valence-electron chi connectivity index (χ0n) is 16.3. The number of hydrogen-bond donors (Lipinski definition) is 2. The Morgan fingerprint density at radius 2 is 1.93 bits per heavy atom. The summed E-state index contributed by atoms with van der Waals surface area (Å²) in [7, 11) is 0. The van der Waals surface area contributed by atoms with Gasteiger partial charge < -0.3 is 10.3 Å². The number of aryl methyl sites for hydroxylation is 2. The first kappa shape index (κ1) is 21.6. The number of rotatable bonds is 4. The highest BCUT2D eigenvalue weighted by Gasteiger charge is 2.31. The van der Waals surface area contributed by atoms with Crippen LogP contribution in [0.4, 0.5) is 18.9 Å². The molecule has 6 nitrogen and oxygen atoms in total. The van der Waals surface area contributed by atoms with Gasteiger partial charge in [-0.3, -0.25) is 9.59 Å². The Balaban J connectivity index is 1.85. The van der Waals surface area contributed by atoms with Gasteiger partial charge in [0.05, 0.1) is 23.4 Å². The highest BCUT2D eigenvalue weighted by molar-refractivity contribution is 6.31. The second-order valence-corrected chi connectivity index (χ2v) is 7.26. The first-order valence-corrected chi connectivity index (χ1v) is 9.26. The van der Waals surface area contributed by atoms with Gasteiger partial charge in [0, 0.05) is 22.5 Å².